The number of hydrogen-bond donors (Lipinski definition) is 2. The Hall–Kier alpha value is -2.94. The van der Waals surface area contributed by atoms with Gasteiger partial charge in [-0.3, -0.25) is 25.8 Å². The molecule has 0 spiro atoms. The van der Waals surface area contributed by atoms with E-state index in [0.29, 0.717) is 29.6 Å². The molecule has 9 nitrogen and oxygen atoms in total. The maximum absolute atomic E-state index is 12.2. The molecule has 0 unspecified atom stereocenters. The Morgan fingerprint density at radius 2 is 1.93 bits per heavy atom. The minimum absolute atomic E-state index is 0.0639. The van der Waals surface area contributed by atoms with Crippen molar-refractivity contribution in [3.63, 3.8) is 0 Å². The quantitative estimate of drug-likeness (QED) is 0.595. The van der Waals surface area contributed by atoms with Crippen LogP contribution in [-0.2, 0) is 0 Å². The predicted molar refractivity (Wildman–Crippen MR) is 102 cm³/mol. The summed E-state index contributed by atoms with van der Waals surface area (Å²) in [4.78, 5) is 33.2. The van der Waals surface area contributed by atoms with Gasteiger partial charge in [0, 0.05) is 23.7 Å². The number of carbonyl (C=O) groups is 1. The fourth-order valence-corrected chi connectivity index (χ4v) is 3.00. The van der Waals surface area contributed by atoms with Crippen molar-refractivity contribution in [2.24, 2.45) is 5.92 Å². The highest BCUT2D eigenvalue weighted by molar-refractivity contribution is 6.30. The van der Waals surface area contributed by atoms with E-state index < -0.39 is 10.8 Å². The van der Waals surface area contributed by atoms with E-state index in [1.54, 1.807) is 24.3 Å². The molecule has 1 aromatic carbocycles. The number of nitrogens with zero attached hydrogens (tertiary/aromatic N) is 4. The Bertz CT molecular complexity index is 837. The molecule has 1 fully saturated rings. The lowest BCUT2D eigenvalue weighted by molar-refractivity contribution is -0.383. The van der Waals surface area contributed by atoms with Crippen molar-refractivity contribution in [1.29, 1.82) is 0 Å². The molecule has 1 saturated heterocycles. The van der Waals surface area contributed by atoms with E-state index in [1.807, 2.05) is 4.90 Å². The molecule has 0 aliphatic carbocycles. The van der Waals surface area contributed by atoms with Crippen molar-refractivity contribution in [3.05, 3.63) is 51.3 Å². The minimum Gasteiger partial charge on any atom is -0.351 e. The van der Waals surface area contributed by atoms with Crippen LogP contribution < -0.4 is 15.8 Å². The van der Waals surface area contributed by atoms with Gasteiger partial charge in [0.2, 0.25) is 11.6 Å². The number of piperidine rings is 1. The Labute approximate surface area is 160 Å². The summed E-state index contributed by atoms with van der Waals surface area (Å²) in [7, 11) is 0. The van der Waals surface area contributed by atoms with Crippen molar-refractivity contribution in [2.75, 3.05) is 23.4 Å². The predicted octanol–water partition coefficient (Wildman–Crippen LogP) is 3.03. The third kappa shape index (κ3) is 4.43. The van der Waals surface area contributed by atoms with Crippen LogP contribution in [0, 0.1) is 16.0 Å². The zero-order chi connectivity index (χ0) is 19.4. The standard InChI is InChI=1S/C17H19ClN6O3/c1-11-6-8-23(9-7-11)16-14(24(26)27)15(19-10-20-16)21-22-17(25)12-2-4-13(18)5-3-12/h2-5,10-11H,6-9H2,1H3,(H,22,25)(H,19,20,21). The van der Waals surface area contributed by atoms with Gasteiger partial charge < -0.3 is 4.90 Å². The molecular weight excluding hydrogens is 372 g/mol. The third-order valence-corrected chi connectivity index (χ3v) is 4.72. The summed E-state index contributed by atoms with van der Waals surface area (Å²) in [6, 6.07) is 6.26. The molecule has 0 bridgehead atoms. The van der Waals surface area contributed by atoms with Gasteiger partial charge >= 0.3 is 5.69 Å². The molecule has 1 aliphatic rings. The van der Waals surface area contributed by atoms with Gasteiger partial charge in [0.25, 0.3) is 5.91 Å². The number of anilines is 2. The number of rotatable bonds is 5. The van der Waals surface area contributed by atoms with Gasteiger partial charge in [0.05, 0.1) is 4.92 Å². The molecule has 1 aliphatic heterocycles. The Balaban J connectivity index is 1.78. The number of aromatic nitrogens is 2. The topological polar surface area (TPSA) is 113 Å². The largest absolute Gasteiger partial charge is 0.355 e. The summed E-state index contributed by atoms with van der Waals surface area (Å²) in [6.45, 7) is 3.54. The Morgan fingerprint density at radius 3 is 2.56 bits per heavy atom. The van der Waals surface area contributed by atoms with Crippen LogP contribution in [0.2, 0.25) is 5.02 Å². The Kier molecular flexibility index (Phi) is 5.70. The van der Waals surface area contributed by atoms with Crippen LogP contribution in [-0.4, -0.2) is 33.9 Å². The van der Waals surface area contributed by atoms with Gasteiger partial charge in [-0.05, 0) is 43.0 Å². The van der Waals surface area contributed by atoms with Crippen LogP contribution in [0.25, 0.3) is 0 Å². The smallest absolute Gasteiger partial charge is 0.351 e. The zero-order valence-electron chi connectivity index (χ0n) is 14.7. The first-order valence-electron chi connectivity index (χ1n) is 8.52. The average molecular weight is 391 g/mol. The van der Waals surface area contributed by atoms with Crippen molar-refractivity contribution >= 4 is 34.8 Å². The number of carbonyl (C=O) groups excluding carboxylic acids is 1. The number of hydrazine groups is 1. The van der Waals surface area contributed by atoms with Crippen molar-refractivity contribution in [2.45, 2.75) is 19.8 Å². The number of nitro groups is 1. The molecule has 2 aromatic rings. The third-order valence-electron chi connectivity index (χ3n) is 4.47. The van der Waals surface area contributed by atoms with Crippen LogP contribution in [0.15, 0.2) is 30.6 Å². The lowest BCUT2D eigenvalue weighted by Crippen LogP contribution is -2.35. The van der Waals surface area contributed by atoms with Gasteiger partial charge in [-0.15, -0.1) is 0 Å². The van der Waals surface area contributed by atoms with Crippen LogP contribution >= 0.6 is 11.6 Å². The number of hydrogen-bond acceptors (Lipinski definition) is 7. The SMILES string of the molecule is CC1CCN(c2ncnc(NNC(=O)c3ccc(Cl)cc3)c2[N+](=O)[O-])CC1. The van der Waals surface area contributed by atoms with E-state index in [4.69, 9.17) is 11.6 Å². The van der Waals surface area contributed by atoms with Gasteiger partial charge in [0.15, 0.2) is 0 Å². The summed E-state index contributed by atoms with van der Waals surface area (Å²) < 4.78 is 0. The second-order valence-electron chi connectivity index (χ2n) is 6.41. The molecule has 142 valence electrons. The van der Waals surface area contributed by atoms with E-state index >= 15 is 0 Å². The molecule has 10 heteroatoms. The van der Waals surface area contributed by atoms with E-state index in [-0.39, 0.29) is 17.3 Å². The zero-order valence-corrected chi connectivity index (χ0v) is 15.4. The first-order valence-corrected chi connectivity index (χ1v) is 8.89. The normalized spacial score (nSPS) is 14.7. The van der Waals surface area contributed by atoms with Crippen LogP contribution in [0.1, 0.15) is 30.1 Å². The average Bonchev–Trinajstić information content (AvgIpc) is 2.66. The molecular formula is C17H19ClN6O3. The van der Waals surface area contributed by atoms with Crippen molar-refractivity contribution in [1.82, 2.24) is 15.4 Å². The van der Waals surface area contributed by atoms with E-state index in [0.717, 1.165) is 12.8 Å². The van der Waals surface area contributed by atoms with Gasteiger partial charge in [-0.2, -0.15) is 0 Å². The summed E-state index contributed by atoms with van der Waals surface area (Å²) in [5.41, 5.74) is 5.06. The van der Waals surface area contributed by atoms with Crippen molar-refractivity contribution < 1.29 is 9.72 Å². The molecule has 0 atom stereocenters. The highest BCUT2D eigenvalue weighted by Gasteiger charge is 2.29. The highest BCUT2D eigenvalue weighted by Crippen LogP contribution is 2.33. The molecule has 1 amide bonds. The van der Waals surface area contributed by atoms with Gasteiger partial charge in [0.1, 0.15) is 6.33 Å². The molecule has 0 radical (unpaired) electrons. The molecule has 27 heavy (non-hydrogen) atoms. The summed E-state index contributed by atoms with van der Waals surface area (Å²) in [6.07, 6.45) is 3.13. The van der Waals surface area contributed by atoms with Crippen molar-refractivity contribution in [3.8, 4) is 0 Å². The van der Waals surface area contributed by atoms with Crippen LogP contribution in [0.4, 0.5) is 17.3 Å². The number of nitrogens with one attached hydrogen (secondary N) is 2. The lowest BCUT2D eigenvalue weighted by Gasteiger charge is -2.30. The molecule has 1 aromatic heterocycles. The monoisotopic (exact) mass is 390 g/mol. The summed E-state index contributed by atoms with van der Waals surface area (Å²) in [5.74, 6) is 0.308. The second-order valence-corrected chi connectivity index (χ2v) is 6.84. The fourth-order valence-electron chi connectivity index (χ4n) is 2.87. The Morgan fingerprint density at radius 1 is 1.26 bits per heavy atom. The van der Waals surface area contributed by atoms with Gasteiger partial charge in [-0.25, -0.2) is 9.97 Å². The van der Waals surface area contributed by atoms with E-state index in [9.17, 15) is 14.9 Å². The first kappa shape index (κ1) is 18.8. The molecule has 2 N–H and O–H groups in total. The highest BCUT2D eigenvalue weighted by atomic mass is 35.5. The van der Waals surface area contributed by atoms with E-state index in [1.165, 1.54) is 6.33 Å². The van der Waals surface area contributed by atoms with E-state index in [2.05, 4.69) is 27.7 Å². The second kappa shape index (κ2) is 8.17. The summed E-state index contributed by atoms with van der Waals surface area (Å²) >= 11 is 5.80. The fraction of sp³-hybridized carbons (Fsp3) is 0.353. The molecule has 3 rings (SSSR count). The van der Waals surface area contributed by atoms with Crippen LogP contribution in [0.3, 0.4) is 0 Å². The van der Waals surface area contributed by atoms with Gasteiger partial charge in [-0.1, -0.05) is 18.5 Å². The first-order chi connectivity index (χ1) is 13.0. The maximum atomic E-state index is 12.2. The number of amides is 1. The molecule has 2 heterocycles. The number of benzene rings is 1. The molecule has 0 saturated carbocycles. The van der Waals surface area contributed by atoms with Crippen LogP contribution in [0.5, 0.6) is 0 Å². The maximum Gasteiger partial charge on any atom is 0.355 e. The lowest BCUT2D eigenvalue weighted by atomic mass is 9.99. The minimum atomic E-state index is -0.538. The summed E-state index contributed by atoms with van der Waals surface area (Å²) in [5, 5.41) is 12.1. The number of halogens is 1.